The summed E-state index contributed by atoms with van der Waals surface area (Å²) in [7, 11) is 0. The SMILES string of the molecule is c1ccc(-c2nc(-c3cccc(-c4ccc5c(c4)c4ccccc4c4cc6c(cc54)C4(c5ccccc5-c5ccccc54)c4ccccc4-6)c3)nc(-n3c4ccccc4c4ccccc43)n2)cc1. The Kier molecular flexibility index (Phi) is 7.67. The molecule has 0 bridgehead atoms. The van der Waals surface area contributed by atoms with Crippen LogP contribution in [0.2, 0.25) is 0 Å². The fourth-order valence-corrected chi connectivity index (χ4v) is 12.0. The van der Waals surface area contributed by atoms with E-state index in [1.807, 2.05) is 18.2 Å². The number of nitrogens with zero attached hydrogens (tertiary/aromatic N) is 4. The number of aromatic nitrogens is 4. The van der Waals surface area contributed by atoms with E-state index in [-0.39, 0.29) is 0 Å². The summed E-state index contributed by atoms with van der Waals surface area (Å²) in [6.45, 7) is 0. The number of hydrogen-bond donors (Lipinski definition) is 0. The largest absolute Gasteiger partial charge is 0.278 e. The van der Waals surface area contributed by atoms with Crippen LogP contribution in [0.4, 0.5) is 0 Å². The average molecular weight is 863 g/mol. The van der Waals surface area contributed by atoms with E-state index in [0.29, 0.717) is 17.6 Å². The molecule has 0 radical (unpaired) electrons. The van der Waals surface area contributed by atoms with Gasteiger partial charge in [-0.3, -0.25) is 4.57 Å². The van der Waals surface area contributed by atoms with Gasteiger partial charge < -0.3 is 0 Å². The molecule has 0 atom stereocenters. The van der Waals surface area contributed by atoms with Gasteiger partial charge in [-0.1, -0.05) is 194 Å². The maximum atomic E-state index is 5.27. The lowest BCUT2D eigenvalue weighted by atomic mass is 9.70. The molecule has 0 aliphatic heterocycles. The smallest absolute Gasteiger partial charge is 0.238 e. The molecule has 0 amide bonds. The predicted octanol–water partition coefficient (Wildman–Crippen LogP) is 15.8. The van der Waals surface area contributed by atoms with Gasteiger partial charge in [0.2, 0.25) is 5.95 Å². The Hall–Kier alpha value is -8.99. The molecule has 1 spiro atoms. The third kappa shape index (κ3) is 5.06. The van der Waals surface area contributed by atoms with Gasteiger partial charge in [-0.15, -0.1) is 0 Å². The van der Waals surface area contributed by atoms with Crippen LogP contribution in [0.25, 0.3) is 116 Å². The minimum Gasteiger partial charge on any atom is -0.278 e. The van der Waals surface area contributed by atoms with E-state index in [4.69, 9.17) is 15.0 Å². The molecule has 13 aromatic rings. The first-order valence-electron chi connectivity index (χ1n) is 23.4. The zero-order valence-electron chi connectivity index (χ0n) is 36.7. The van der Waals surface area contributed by atoms with Crippen LogP contribution < -0.4 is 0 Å². The summed E-state index contributed by atoms with van der Waals surface area (Å²) in [5, 5.41) is 9.83. The first-order valence-corrected chi connectivity index (χ1v) is 23.4. The van der Waals surface area contributed by atoms with E-state index < -0.39 is 5.41 Å². The van der Waals surface area contributed by atoms with E-state index in [9.17, 15) is 0 Å². The Balaban J connectivity index is 0.928. The molecule has 314 valence electrons. The van der Waals surface area contributed by atoms with Gasteiger partial charge in [0.1, 0.15) is 0 Å². The van der Waals surface area contributed by atoms with Crippen molar-refractivity contribution in [2.24, 2.45) is 0 Å². The zero-order chi connectivity index (χ0) is 44.5. The topological polar surface area (TPSA) is 43.6 Å². The molecule has 4 nitrogen and oxygen atoms in total. The number of hydrogen-bond acceptors (Lipinski definition) is 3. The highest BCUT2D eigenvalue weighted by molar-refractivity contribution is 6.27. The number of fused-ring (bicyclic) bond motifs is 19. The second-order valence-electron chi connectivity index (χ2n) is 18.2. The molecule has 2 aromatic heterocycles. The Bertz CT molecular complexity index is 4180. The van der Waals surface area contributed by atoms with Crippen LogP contribution >= 0.6 is 0 Å². The molecule has 4 heteroatoms. The van der Waals surface area contributed by atoms with Gasteiger partial charge in [-0.05, 0) is 124 Å². The summed E-state index contributed by atoms with van der Waals surface area (Å²) >= 11 is 0. The van der Waals surface area contributed by atoms with Gasteiger partial charge >= 0.3 is 0 Å². The molecule has 2 aliphatic carbocycles. The minimum atomic E-state index is -0.414. The second kappa shape index (κ2) is 14.0. The summed E-state index contributed by atoms with van der Waals surface area (Å²) in [5.41, 5.74) is 16.5. The van der Waals surface area contributed by atoms with E-state index in [0.717, 1.165) is 44.1 Å². The molecule has 11 aromatic carbocycles. The third-order valence-corrected chi connectivity index (χ3v) is 14.8. The summed E-state index contributed by atoms with van der Waals surface area (Å²) < 4.78 is 2.17. The van der Waals surface area contributed by atoms with Crippen LogP contribution in [0.3, 0.4) is 0 Å². The molecule has 2 aliphatic rings. The summed E-state index contributed by atoms with van der Waals surface area (Å²) in [6, 6.07) is 84.0. The fraction of sp³-hybridized carbons (Fsp3) is 0.0156. The summed E-state index contributed by atoms with van der Waals surface area (Å²) in [4.78, 5) is 15.6. The molecular formula is C64H38N4. The Morgan fingerprint density at radius 3 is 1.37 bits per heavy atom. The van der Waals surface area contributed by atoms with E-state index >= 15 is 0 Å². The van der Waals surface area contributed by atoms with Crippen molar-refractivity contribution in [2.75, 3.05) is 0 Å². The van der Waals surface area contributed by atoms with Crippen molar-refractivity contribution in [1.82, 2.24) is 19.5 Å². The van der Waals surface area contributed by atoms with E-state index in [1.165, 1.54) is 76.8 Å². The van der Waals surface area contributed by atoms with Crippen LogP contribution in [0.1, 0.15) is 22.3 Å². The summed E-state index contributed by atoms with van der Waals surface area (Å²) in [5.74, 6) is 1.83. The number of rotatable bonds is 4. The highest BCUT2D eigenvalue weighted by atomic mass is 15.2. The monoisotopic (exact) mass is 862 g/mol. The number of benzene rings is 11. The third-order valence-electron chi connectivity index (χ3n) is 14.8. The van der Waals surface area contributed by atoms with Crippen molar-refractivity contribution in [3.8, 4) is 62.1 Å². The molecule has 0 fully saturated rings. The van der Waals surface area contributed by atoms with Crippen LogP contribution in [-0.2, 0) is 5.41 Å². The van der Waals surface area contributed by atoms with Crippen molar-refractivity contribution in [1.29, 1.82) is 0 Å². The Morgan fingerprint density at radius 1 is 0.265 bits per heavy atom. The van der Waals surface area contributed by atoms with Gasteiger partial charge in [-0.2, -0.15) is 9.97 Å². The lowest BCUT2D eigenvalue weighted by Gasteiger charge is -2.30. The summed E-state index contributed by atoms with van der Waals surface area (Å²) in [6.07, 6.45) is 0. The lowest BCUT2D eigenvalue weighted by Crippen LogP contribution is -2.25. The highest BCUT2D eigenvalue weighted by Gasteiger charge is 2.51. The minimum absolute atomic E-state index is 0.414. The van der Waals surface area contributed by atoms with Crippen LogP contribution in [0, 0.1) is 0 Å². The lowest BCUT2D eigenvalue weighted by molar-refractivity contribution is 0.795. The molecule has 0 saturated carbocycles. The van der Waals surface area contributed by atoms with Crippen LogP contribution in [0.15, 0.2) is 231 Å². The maximum Gasteiger partial charge on any atom is 0.238 e. The fourth-order valence-electron chi connectivity index (χ4n) is 12.0. The van der Waals surface area contributed by atoms with Crippen molar-refractivity contribution in [2.45, 2.75) is 5.41 Å². The molecule has 0 N–H and O–H groups in total. The predicted molar refractivity (Wildman–Crippen MR) is 279 cm³/mol. The van der Waals surface area contributed by atoms with Gasteiger partial charge in [-0.25, -0.2) is 4.98 Å². The molecule has 15 rings (SSSR count). The Morgan fingerprint density at radius 2 is 0.721 bits per heavy atom. The average Bonchev–Trinajstić information content (AvgIpc) is 4.02. The van der Waals surface area contributed by atoms with Crippen molar-refractivity contribution < 1.29 is 0 Å². The zero-order valence-corrected chi connectivity index (χ0v) is 36.7. The van der Waals surface area contributed by atoms with Crippen molar-refractivity contribution in [3.05, 3.63) is 253 Å². The molecule has 0 unspecified atom stereocenters. The van der Waals surface area contributed by atoms with Crippen LogP contribution in [-0.4, -0.2) is 19.5 Å². The van der Waals surface area contributed by atoms with E-state index in [2.05, 4.69) is 217 Å². The Labute approximate surface area is 392 Å². The normalized spacial score (nSPS) is 13.1. The molecule has 2 heterocycles. The van der Waals surface area contributed by atoms with Gasteiger partial charge in [0.25, 0.3) is 0 Å². The molecule has 68 heavy (non-hydrogen) atoms. The first-order chi connectivity index (χ1) is 33.7. The van der Waals surface area contributed by atoms with E-state index in [1.54, 1.807) is 0 Å². The van der Waals surface area contributed by atoms with Gasteiger partial charge in [0.15, 0.2) is 11.6 Å². The van der Waals surface area contributed by atoms with Gasteiger partial charge in [0.05, 0.1) is 16.4 Å². The van der Waals surface area contributed by atoms with Crippen molar-refractivity contribution >= 4 is 54.1 Å². The maximum absolute atomic E-state index is 5.27. The quantitative estimate of drug-likeness (QED) is 0.166. The van der Waals surface area contributed by atoms with Gasteiger partial charge in [0, 0.05) is 21.9 Å². The highest BCUT2D eigenvalue weighted by Crippen LogP contribution is 2.63. The first kappa shape index (κ1) is 37.3. The standard InChI is InChI=1S/C64H38N4/c1-2-17-39(18-3-1)61-65-62(67-63(66-61)68-59-31-14-9-26-49(59)50-27-10-15-32-60(50)68)42-20-16-19-40(35-42)41-33-34-45-51(36-41)43-21-4-5-22-44(43)52-37-54-48-25-8-13-30-57(48)64(58(54)38-53(45)52)55-28-11-6-23-46(55)47-24-7-12-29-56(47)64/h1-38H. The number of para-hydroxylation sites is 2. The van der Waals surface area contributed by atoms with Crippen molar-refractivity contribution in [3.63, 3.8) is 0 Å². The molecule has 0 saturated heterocycles. The second-order valence-corrected chi connectivity index (χ2v) is 18.2. The molecular weight excluding hydrogens is 825 g/mol. The van der Waals surface area contributed by atoms with Crippen LogP contribution in [0.5, 0.6) is 0 Å².